The molecular weight excluding hydrogens is 496 g/mol. The van der Waals surface area contributed by atoms with Crippen molar-refractivity contribution >= 4 is 21.9 Å². The van der Waals surface area contributed by atoms with E-state index in [0.29, 0.717) is 49.9 Å². The summed E-state index contributed by atoms with van der Waals surface area (Å²) in [5.41, 5.74) is 1.57. The van der Waals surface area contributed by atoms with Gasteiger partial charge in [-0.3, -0.25) is 20.3 Å². The monoisotopic (exact) mass is 528 g/mol. The maximum Gasteiger partial charge on any atom is 0.261 e. The second-order valence-corrected chi connectivity index (χ2v) is 10.4. The topological polar surface area (TPSA) is 156 Å². The molecule has 0 aliphatic carbocycles. The first-order chi connectivity index (χ1) is 17.9. The van der Waals surface area contributed by atoms with Crippen LogP contribution in [0, 0.1) is 17.4 Å². The lowest BCUT2D eigenvalue weighted by Crippen LogP contribution is -2.49. The summed E-state index contributed by atoms with van der Waals surface area (Å²) < 4.78 is 34.1. The molecule has 0 unspecified atom stereocenters. The molecule has 0 radical (unpaired) electrons. The molecule has 2 aromatic carbocycles. The van der Waals surface area contributed by atoms with E-state index in [-0.39, 0.29) is 17.2 Å². The molecule has 3 rings (SSSR count). The van der Waals surface area contributed by atoms with Gasteiger partial charge in [0.2, 0.25) is 16.0 Å². The summed E-state index contributed by atoms with van der Waals surface area (Å²) in [6.45, 7) is 3.81. The lowest BCUT2D eigenvalue weighted by atomic mass is 9.90. The van der Waals surface area contributed by atoms with E-state index >= 15 is 0 Å². The molecule has 0 bridgehead atoms. The summed E-state index contributed by atoms with van der Waals surface area (Å²) in [4.78, 5) is 18.7. The van der Waals surface area contributed by atoms with Crippen LogP contribution >= 0.6 is 0 Å². The van der Waals surface area contributed by atoms with Gasteiger partial charge in [-0.15, -0.1) is 0 Å². The van der Waals surface area contributed by atoms with Crippen LogP contribution in [0.2, 0.25) is 0 Å². The van der Waals surface area contributed by atoms with Gasteiger partial charge in [0.25, 0.3) is 5.91 Å². The summed E-state index contributed by atoms with van der Waals surface area (Å²) in [6, 6.07) is 13.8. The normalized spacial score (nSPS) is 15.5. The number of carbonyl (C=O) groups is 1. The SMILES string of the molecule is CCCN=C(NC#N)N1CCC(C[C@H](NS(=O)(=O)c2ccc(Oc3ccccc3)cc2)C(=O)NO)CC1. The Balaban J connectivity index is 1.63. The number of nitriles is 1. The molecule has 1 heterocycles. The zero-order valence-corrected chi connectivity index (χ0v) is 21.4. The van der Waals surface area contributed by atoms with Crippen LogP contribution in [0.25, 0.3) is 0 Å². The zero-order chi connectivity index (χ0) is 26.7. The van der Waals surface area contributed by atoms with Crippen LogP contribution in [0.1, 0.15) is 32.6 Å². The minimum absolute atomic E-state index is 0.0254. The second kappa shape index (κ2) is 13.6. The molecule has 1 atom stereocenters. The molecule has 0 saturated carbocycles. The number of nitrogens with one attached hydrogen (secondary N) is 3. The van der Waals surface area contributed by atoms with Gasteiger partial charge in [-0.05, 0) is 68.0 Å². The molecule has 2 aromatic rings. The number of likely N-dealkylation sites (tertiary alicyclic amines) is 1. The van der Waals surface area contributed by atoms with Gasteiger partial charge in [0, 0.05) is 19.6 Å². The lowest BCUT2D eigenvalue weighted by molar-refractivity contribution is -0.131. The lowest BCUT2D eigenvalue weighted by Gasteiger charge is -2.34. The highest BCUT2D eigenvalue weighted by Crippen LogP contribution is 2.25. The zero-order valence-electron chi connectivity index (χ0n) is 20.6. The van der Waals surface area contributed by atoms with Crippen molar-refractivity contribution in [2.45, 2.75) is 43.5 Å². The van der Waals surface area contributed by atoms with E-state index in [9.17, 15) is 18.4 Å². The van der Waals surface area contributed by atoms with E-state index in [2.05, 4.69) is 15.0 Å². The first-order valence-electron chi connectivity index (χ1n) is 12.1. The molecule has 4 N–H and O–H groups in total. The maximum absolute atomic E-state index is 13.0. The predicted octanol–water partition coefficient (Wildman–Crippen LogP) is 2.57. The van der Waals surface area contributed by atoms with Crippen LogP contribution in [-0.4, -0.2) is 56.1 Å². The van der Waals surface area contributed by atoms with Gasteiger partial charge in [0.15, 0.2) is 6.19 Å². The number of nitrogens with zero attached hydrogens (tertiary/aromatic N) is 3. The van der Waals surface area contributed by atoms with Gasteiger partial charge in [0.05, 0.1) is 4.90 Å². The molecule has 0 spiro atoms. The number of para-hydroxylation sites is 1. The Morgan fingerprint density at radius 3 is 2.41 bits per heavy atom. The third-order valence-electron chi connectivity index (χ3n) is 5.97. The van der Waals surface area contributed by atoms with Crippen molar-refractivity contribution in [3.8, 4) is 17.7 Å². The summed E-state index contributed by atoms with van der Waals surface area (Å²) in [6.07, 6.45) is 4.31. The van der Waals surface area contributed by atoms with Crippen molar-refractivity contribution < 1.29 is 23.2 Å². The molecule has 1 fully saturated rings. The first-order valence-corrected chi connectivity index (χ1v) is 13.6. The van der Waals surface area contributed by atoms with Gasteiger partial charge in [-0.1, -0.05) is 25.1 Å². The van der Waals surface area contributed by atoms with E-state index < -0.39 is 22.0 Å². The molecule has 1 aliphatic heterocycles. The van der Waals surface area contributed by atoms with Crippen molar-refractivity contribution in [3.63, 3.8) is 0 Å². The number of hydroxylamine groups is 1. The van der Waals surface area contributed by atoms with E-state index in [1.165, 1.54) is 24.3 Å². The molecule has 1 saturated heterocycles. The van der Waals surface area contributed by atoms with Gasteiger partial charge < -0.3 is 9.64 Å². The number of benzene rings is 2. The summed E-state index contributed by atoms with van der Waals surface area (Å²) >= 11 is 0. The van der Waals surface area contributed by atoms with Crippen LogP contribution in [0.5, 0.6) is 11.5 Å². The predicted molar refractivity (Wildman–Crippen MR) is 137 cm³/mol. The number of sulfonamides is 1. The molecule has 0 aromatic heterocycles. The van der Waals surface area contributed by atoms with E-state index in [0.717, 1.165) is 6.42 Å². The number of carbonyl (C=O) groups excluding carboxylic acids is 1. The third-order valence-corrected chi connectivity index (χ3v) is 7.46. The summed E-state index contributed by atoms with van der Waals surface area (Å²) in [5, 5.41) is 20.8. The minimum Gasteiger partial charge on any atom is -0.457 e. The van der Waals surface area contributed by atoms with Crippen LogP contribution in [0.4, 0.5) is 0 Å². The number of hydrogen-bond acceptors (Lipinski definition) is 7. The Morgan fingerprint density at radius 2 is 1.81 bits per heavy atom. The highest BCUT2D eigenvalue weighted by atomic mass is 32.2. The van der Waals surface area contributed by atoms with Crippen LogP contribution in [0.15, 0.2) is 64.5 Å². The van der Waals surface area contributed by atoms with Crippen molar-refractivity contribution in [2.75, 3.05) is 19.6 Å². The van der Waals surface area contributed by atoms with Crippen LogP contribution in [0.3, 0.4) is 0 Å². The van der Waals surface area contributed by atoms with Crippen LogP contribution in [-0.2, 0) is 14.8 Å². The molecule has 11 nitrogen and oxygen atoms in total. The number of rotatable bonds is 10. The van der Waals surface area contributed by atoms with Gasteiger partial charge >= 0.3 is 0 Å². The van der Waals surface area contributed by atoms with Gasteiger partial charge in [0.1, 0.15) is 17.5 Å². The fourth-order valence-electron chi connectivity index (χ4n) is 4.05. The average Bonchev–Trinajstić information content (AvgIpc) is 2.91. The average molecular weight is 529 g/mol. The fourth-order valence-corrected chi connectivity index (χ4v) is 5.26. The maximum atomic E-state index is 13.0. The van der Waals surface area contributed by atoms with Gasteiger partial charge in [-0.25, -0.2) is 13.9 Å². The Hall–Kier alpha value is -3.66. The molecule has 1 amide bonds. The summed E-state index contributed by atoms with van der Waals surface area (Å²) in [7, 11) is -4.05. The van der Waals surface area contributed by atoms with E-state index in [1.807, 2.05) is 36.2 Å². The molecular formula is C25H32N6O5S. The van der Waals surface area contributed by atoms with E-state index in [4.69, 9.17) is 10.00 Å². The minimum atomic E-state index is -4.05. The van der Waals surface area contributed by atoms with Crippen molar-refractivity contribution in [2.24, 2.45) is 10.9 Å². The highest BCUT2D eigenvalue weighted by Gasteiger charge is 2.30. The highest BCUT2D eigenvalue weighted by molar-refractivity contribution is 7.89. The number of guanidine groups is 1. The van der Waals surface area contributed by atoms with Crippen LogP contribution < -0.4 is 20.3 Å². The number of amides is 1. The Morgan fingerprint density at radius 1 is 1.16 bits per heavy atom. The fraction of sp³-hybridized carbons (Fsp3) is 0.400. The first kappa shape index (κ1) is 27.9. The molecule has 1 aliphatic rings. The largest absolute Gasteiger partial charge is 0.457 e. The van der Waals surface area contributed by atoms with Crippen molar-refractivity contribution in [1.82, 2.24) is 20.4 Å². The number of aliphatic imine (C=N–C) groups is 1. The molecule has 37 heavy (non-hydrogen) atoms. The Bertz CT molecular complexity index is 1190. The Kier molecular flexibility index (Phi) is 10.3. The quantitative estimate of drug-likeness (QED) is 0.0915. The number of piperidine rings is 1. The smallest absolute Gasteiger partial charge is 0.261 e. The third kappa shape index (κ3) is 8.18. The Labute approximate surface area is 217 Å². The number of hydrogen-bond donors (Lipinski definition) is 4. The van der Waals surface area contributed by atoms with Crippen molar-refractivity contribution in [1.29, 1.82) is 5.26 Å². The van der Waals surface area contributed by atoms with Gasteiger partial charge in [-0.2, -0.15) is 9.98 Å². The summed E-state index contributed by atoms with van der Waals surface area (Å²) in [5.74, 6) is 0.806. The van der Waals surface area contributed by atoms with Crippen molar-refractivity contribution in [3.05, 3.63) is 54.6 Å². The molecule has 198 valence electrons. The second-order valence-electron chi connectivity index (χ2n) is 8.64. The number of ether oxygens (including phenoxy) is 1. The molecule has 12 heteroatoms. The van der Waals surface area contributed by atoms with E-state index in [1.54, 1.807) is 17.6 Å². The standard InChI is InChI=1S/C25H32N6O5S/c1-2-14-27-25(28-18-26)31-15-12-19(13-16-31)17-23(24(32)29-33)30-37(34,35)22-10-8-21(9-11-22)36-20-6-4-3-5-7-20/h3-11,19,23,30,33H,2,12-17H2,1H3,(H,27,28)(H,29,32)/t23-/m0/s1.